The molecule has 26 heavy (non-hydrogen) atoms. The zero-order valence-corrected chi connectivity index (χ0v) is 15.3. The lowest BCUT2D eigenvalue weighted by Gasteiger charge is -2.23. The van der Waals surface area contributed by atoms with Crippen LogP contribution in [0.2, 0.25) is 0 Å². The predicted molar refractivity (Wildman–Crippen MR) is 101 cm³/mol. The van der Waals surface area contributed by atoms with Gasteiger partial charge in [0.25, 0.3) is 11.8 Å². The van der Waals surface area contributed by atoms with Crippen molar-refractivity contribution in [2.45, 2.75) is 6.42 Å². The lowest BCUT2D eigenvalue weighted by Crippen LogP contribution is -2.37. The van der Waals surface area contributed by atoms with E-state index in [2.05, 4.69) is 4.98 Å². The van der Waals surface area contributed by atoms with Crippen molar-refractivity contribution in [3.8, 4) is 0 Å². The highest BCUT2D eigenvalue weighted by Gasteiger charge is 2.23. The summed E-state index contributed by atoms with van der Waals surface area (Å²) < 4.78 is 0. The highest BCUT2D eigenvalue weighted by molar-refractivity contribution is 5.96. The molecule has 0 unspecified atom stereocenters. The van der Waals surface area contributed by atoms with Crippen LogP contribution >= 0.6 is 0 Å². The maximum absolute atomic E-state index is 12.9. The monoisotopic (exact) mass is 352 g/mol. The van der Waals surface area contributed by atoms with E-state index in [9.17, 15) is 9.59 Å². The van der Waals surface area contributed by atoms with Gasteiger partial charge in [-0.2, -0.15) is 0 Å². The third-order valence-corrected chi connectivity index (χ3v) is 4.61. The smallest absolute Gasteiger partial charge is 0.254 e. The fourth-order valence-corrected chi connectivity index (χ4v) is 3.10. The van der Waals surface area contributed by atoms with Gasteiger partial charge in [0, 0.05) is 69.5 Å². The van der Waals surface area contributed by atoms with Gasteiger partial charge in [-0.3, -0.25) is 14.6 Å². The molecule has 136 valence electrons. The van der Waals surface area contributed by atoms with Gasteiger partial charge in [-0.15, -0.1) is 0 Å². The predicted octanol–water partition coefficient (Wildman–Crippen LogP) is 2.14. The normalized spacial score (nSPS) is 14.7. The SMILES string of the molecule is CN(C)c1cccc(C(=O)N2CCCN(C(=O)c3ccncc3)CC2)c1. The molecule has 0 aliphatic carbocycles. The highest BCUT2D eigenvalue weighted by atomic mass is 16.2. The number of hydrogen-bond donors (Lipinski definition) is 0. The fraction of sp³-hybridized carbons (Fsp3) is 0.350. The summed E-state index contributed by atoms with van der Waals surface area (Å²) in [7, 11) is 3.91. The maximum atomic E-state index is 12.9. The fourth-order valence-electron chi connectivity index (χ4n) is 3.10. The second-order valence-corrected chi connectivity index (χ2v) is 6.62. The maximum Gasteiger partial charge on any atom is 0.254 e. The van der Waals surface area contributed by atoms with E-state index in [1.165, 1.54) is 0 Å². The highest BCUT2D eigenvalue weighted by Crippen LogP contribution is 2.16. The molecule has 1 aliphatic heterocycles. The van der Waals surface area contributed by atoms with Crippen LogP contribution in [0.25, 0.3) is 0 Å². The molecule has 3 rings (SSSR count). The summed E-state index contributed by atoms with van der Waals surface area (Å²) in [6.45, 7) is 2.40. The van der Waals surface area contributed by atoms with Crippen LogP contribution in [-0.2, 0) is 0 Å². The minimum atomic E-state index is -0.00342. The summed E-state index contributed by atoms with van der Waals surface area (Å²) in [5.41, 5.74) is 2.32. The van der Waals surface area contributed by atoms with Crippen LogP contribution in [0.15, 0.2) is 48.8 Å². The zero-order chi connectivity index (χ0) is 18.5. The Morgan fingerprint density at radius 3 is 2.12 bits per heavy atom. The summed E-state index contributed by atoms with van der Waals surface area (Å²) in [6, 6.07) is 11.1. The number of pyridine rings is 1. The number of nitrogens with zero attached hydrogens (tertiary/aromatic N) is 4. The van der Waals surface area contributed by atoms with E-state index in [1.54, 1.807) is 24.5 Å². The van der Waals surface area contributed by atoms with Crippen molar-refractivity contribution in [1.29, 1.82) is 0 Å². The van der Waals surface area contributed by atoms with Crippen molar-refractivity contribution in [1.82, 2.24) is 14.8 Å². The van der Waals surface area contributed by atoms with Crippen LogP contribution in [0.5, 0.6) is 0 Å². The van der Waals surface area contributed by atoms with E-state index in [1.807, 2.05) is 53.1 Å². The molecule has 1 aliphatic rings. The van der Waals surface area contributed by atoms with E-state index in [-0.39, 0.29) is 11.8 Å². The number of carbonyl (C=O) groups is 2. The van der Waals surface area contributed by atoms with E-state index >= 15 is 0 Å². The summed E-state index contributed by atoms with van der Waals surface area (Å²) in [5.74, 6) is 0.0169. The van der Waals surface area contributed by atoms with Gasteiger partial charge < -0.3 is 14.7 Å². The Bertz CT molecular complexity index is 776. The number of carbonyl (C=O) groups excluding carboxylic acids is 2. The summed E-state index contributed by atoms with van der Waals surface area (Å²) in [5, 5.41) is 0. The van der Waals surface area contributed by atoms with E-state index < -0.39 is 0 Å². The van der Waals surface area contributed by atoms with Crippen LogP contribution < -0.4 is 4.90 Å². The molecule has 1 fully saturated rings. The first kappa shape index (κ1) is 17.9. The lowest BCUT2D eigenvalue weighted by atomic mass is 10.1. The number of benzene rings is 1. The molecular formula is C20H24N4O2. The Morgan fingerprint density at radius 2 is 1.50 bits per heavy atom. The summed E-state index contributed by atoms with van der Waals surface area (Å²) >= 11 is 0. The van der Waals surface area contributed by atoms with Crippen LogP contribution in [-0.4, -0.2) is 66.9 Å². The minimum absolute atomic E-state index is 0.00342. The first-order valence-electron chi connectivity index (χ1n) is 8.82. The van der Waals surface area contributed by atoms with Gasteiger partial charge >= 0.3 is 0 Å². The Hall–Kier alpha value is -2.89. The second kappa shape index (κ2) is 7.99. The average Bonchev–Trinajstić information content (AvgIpc) is 2.94. The first-order valence-corrected chi connectivity index (χ1v) is 8.82. The van der Waals surface area contributed by atoms with Gasteiger partial charge in [0.2, 0.25) is 0 Å². The van der Waals surface area contributed by atoms with Gasteiger partial charge in [0.15, 0.2) is 0 Å². The standard InChI is InChI=1S/C20H24N4O2/c1-22(2)18-6-3-5-17(15-18)20(26)24-12-4-11-23(13-14-24)19(25)16-7-9-21-10-8-16/h3,5-10,15H,4,11-14H2,1-2H3. The van der Waals surface area contributed by atoms with E-state index in [0.717, 1.165) is 12.1 Å². The van der Waals surface area contributed by atoms with E-state index in [0.29, 0.717) is 37.3 Å². The molecule has 2 aromatic rings. The topological polar surface area (TPSA) is 56.8 Å². The van der Waals surface area contributed by atoms with Crippen LogP contribution in [0.3, 0.4) is 0 Å². The molecule has 0 radical (unpaired) electrons. The number of rotatable bonds is 3. The zero-order valence-electron chi connectivity index (χ0n) is 15.3. The number of aromatic nitrogens is 1. The summed E-state index contributed by atoms with van der Waals surface area (Å²) in [6.07, 6.45) is 4.02. The van der Waals surface area contributed by atoms with Crippen molar-refractivity contribution in [3.05, 3.63) is 59.9 Å². The van der Waals surface area contributed by atoms with E-state index in [4.69, 9.17) is 0 Å². The van der Waals surface area contributed by atoms with Crippen LogP contribution in [0.4, 0.5) is 5.69 Å². The molecule has 2 heterocycles. The van der Waals surface area contributed by atoms with Crippen LogP contribution in [0, 0.1) is 0 Å². The molecule has 0 spiro atoms. The molecule has 6 heteroatoms. The molecular weight excluding hydrogens is 328 g/mol. The molecule has 6 nitrogen and oxygen atoms in total. The van der Waals surface area contributed by atoms with Gasteiger partial charge in [-0.05, 0) is 36.8 Å². The number of hydrogen-bond acceptors (Lipinski definition) is 4. The van der Waals surface area contributed by atoms with Crippen molar-refractivity contribution < 1.29 is 9.59 Å². The van der Waals surface area contributed by atoms with Crippen LogP contribution in [0.1, 0.15) is 27.1 Å². The number of anilines is 1. The Kier molecular flexibility index (Phi) is 5.51. The molecule has 0 N–H and O–H groups in total. The van der Waals surface area contributed by atoms with Gasteiger partial charge in [-0.25, -0.2) is 0 Å². The molecule has 2 amide bonds. The molecule has 1 aromatic carbocycles. The Balaban J connectivity index is 1.67. The molecule has 0 bridgehead atoms. The molecule has 1 aromatic heterocycles. The second-order valence-electron chi connectivity index (χ2n) is 6.62. The van der Waals surface area contributed by atoms with Gasteiger partial charge in [0.05, 0.1) is 0 Å². The quantitative estimate of drug-likeness (QED) is 0.849. The third kappa shape index (κ3) is 4.02. The van der Waals surface area contributed by atoms with Crippen molar-refractivity contribution >= 4 is 17.5 Å². The number of amides is 2. The molecule has 0 saturated carbocycles. The third-order valence-electron chi connectivity index (χ3n) is 4.61. The minimum Gasteiger partial charge on any atom is -0.378 e. The van der Waals surface area contributed by atoms with Gasteiger partial charge in [-0.1, -0.05) is 6.07 Å². The van der Waals surface area contributed by atoms with Gasteiger partial charge in [0.1, 0.15) is 0 Å². The van der Waals surface area contributed by atoms with Crippen molar-refractivity contribution in [3.63, 3.8) is 0 Å². The first-order chi connectivity index (χ1) is 12.6. The summed E-state index contributed by atoms with van der Waals surface area (Å²) in [4.78, 5) is 35.1. The lowest BCUT2D eigenvalue weighted by molar-refractivity contribution is 0.0718. The Labute approximate surface area is 154 Å². The largest absolute Gasteiger partial charge is 0.378 e. The molecule has 0 atom stereocenters. The van der Waals surface area contributed by atoms with Crippen molar-refractivity contribution in [2.75, 3.05) is 45.2 Å². The van der Waals surface area contributed by atoms with Crippen molar-refractivity contribution in [2.24, 2.45) is 0 Å². The average molecular weight is 352 g/mol. The molecule has 1 saturated heterocycles. The Morgan fingerprint density at radius 1 is 0.885 bits per heavy atom.